The molecule has 3 rings (SSSR count). The van der Waals surface area contributed by atoms with Gasteiger partial charge in [-0.15, -0.1) is 0 Å². The van der Waals surface area contributed by atoms with Crippen LogP contribution in [0.2, 0.25) is 0 Å². The van der Waals surface area contributed by atoms with Crippen LogP contribution in [-0.4, -0.2) is 34.2 Å². The number of hydrogen-bond donors (Lipinski definition) is 0. The summed E-state index contributed by atoms with van der Waals surface area (Å²) < 4.78 is 10.3. The molecule has 0 radical (unpaired) electrons. The quantitative estimate of drug-likeness (QED) is 0.788. The second-order valence-corrected chi connectivity index (χ2v) is 4.88. The molecule has 2 aromatic heterocycles. The minimum Gasteiger partial charge on any atom is -0.387 e. The van der Waals surface area contributed by atoms with Gasteiger partial charge in [0.05, 0.1) is 0 Å². The maximum absolute atomic E-state index is 12.0. The third kappa shape index (κ3) is 2.38. The highest BCUT2D eigenvalue weighted by Crippen LogP contribution is 2.24. The van der Waals surface area contributed by atoms with Gasteiger partial charge in [0.2, 0.25) is 0 Å². The normalized spacial score (nSPS) is 16.8. The van der Waals surface area contributed by atoms with E-state index in [4.69, 9.17) is 9.26 Å². The fraction of sp³-hybridized carbons (Fsp3) is 0.462. The molecule has 6 nitrogen and oxygen atoms in total. The van der Waals surface area contributed by atoms with Gasteiger partial charge in [0, 0.05) is 19.3 Å². The number of hydrogen-bond acceptors (Lipinski definition) is 5. The lowest BCUT2D eigenvalue weighted by molar-refractivity contribution is 0.130. The Kier molecular flexibility index (Phi) is 3.06. The van der Waals surface area contributed by atoms with Crippen LogP contribution < -0.4 is 4.74 Å². The van der Waals surface area contributed by atoms with Crippen LogP contribution in [0.3, 0.4) is 0 Å². The molecule has 1 aliphatic rings. The van der Waals surface area contributed by atoms with Crippen molar-refractivity contribution in [2.24, 2.45) is 5.92 Å². The van der Waals surface area contributed by atoms with E-state index in [9.17, 15) is 4.79 Å². The van der Waals surface area contributed by atoms with Crippen LogP contribution in [-0.2, 0) is 0 Å². The van der Waals surface area contributed by atoms with Gasteiger partial charge in [-0.2, -0.15) is 0 Å². The molecule has 1 fully saturated rings. The van der Waals surface area contributed by atoms with Crippen LogP contribution in [0.1, 0.15) is 19.8 Å². The maximum atomic E-state index is 12.0. The van der Waals surface area contributed by atoms with E-state index in [1.807, 2.05) is 0 Å². The summed E-state index contributed by atoms with van der Waals surface area (Å²) in [5.41, 5.74) is 0.373. The van der Waals surface area contributed by atoms with Crippen molar-refractivity contribution in [3.05, 3.63) is 18.3 Å². The van der Waals surface area contributed by atoms with E-state index in [0.717, 1.165) is 25.9 Å². The average molecular weight is 261 g/mol. The Morgan fingerprint density at radius 2 is 2.26 bits per heavy atom. The van der Waals surface area contributed by atoms with Gasteiger partial charge in [-0.05, 0) is 36.0 Å². The Morgan fingerprint density at radius 1 is 1.47 bits per heavy atom. The van der Waals surface area contributed by atoms with Gasteiger partial charge >= 0.3 is 6.09 Å². The van der Waals surface area contributed by atoms with Crippen molar-refractivity contribution < 1.29 is 14.1 Å². The molecule has 1 amide bonds. The number of amides is 1. The van der Waals surface area contributed by atoms with Crippen molar-refractivity contribution >= 4 is 17.2 Å². The van der Waals surface area contributed by atoms with Crippen molar-refractivity contribution in [1.29, 1.82) is 0 Å². The summed E-state index contributed by atoms with van der Waals surface area (Å²) in [6, 6.07) is 3.51. The summed E-state index contributed by atoms with van der Waals surface area (Å²) in [7, 11) is 0. The molecule has 0 aromatic carbocycles. The molecule has 1 aliphatic heterocycles. The van der Waals surface area contributed by atoms with Crippen LogP contribution in [0.4, 0.5) is 4.79 Å². The molecular weight excluding hydrogens is 246 g/mol. The van der Waals surface area contributed by atoms with Gasteiger partial charge in [0.25, 0.3) is 11.6 Å². The van der Waals surface area contributed by atoms with Crippen LogP contribution in [0.5, 0.6) is 5.88 Å². The van der Waals surface area contributed by atoms with E-state index in [1.54, 1.807) is 23.2 Å². The molecule has 0 saturated carbocycles. The predicted molar refractivity (Wildman–Crippen MR) is 67.8 cm³/mol. The van der Waals surface area contributed by atoms with Crippen LogP contribution >= 0.6 is 0 Å². The topological polar surface area (TPSA) is 68.5 Å². The lowest BCUT2D eigenvalue weighted by Crippen LogP contribution is -2.39. The standard InChI is InChI=1S/C13H15N3O3/c1-9-4-7-16(8-5-9)13(17)18-12-10-3-2-6-14-11(10)19-15-12/h2-3,6,9H,4-5,7-8H2,1H3. The molecule has 0 N–H and O–H groups in total. The van der Waals surface area contributed by atoms with Gasteiger partial charge < -0.3 is 14.2 Å². The van der Waals surface area contributed by atoms with E-state index < -0.39 is 0 Å². The average Bonchev–Trinajstić information content (AvgIpc) is 2.83. The van der Waals surface area contributed by atoms with Gasteiger partial charge in [-0.1, -0.05) is 6.92 Å². The first-order valence-corrected chi connectivity index (χ1v) is 6.41. The number of fused-ring (bicyclic) bond motifs is 1. The van der Waals surface area contributed by atoms with E-state index in [2.05, 4.69) is 17.1 Å². The third-order valence-corrected chi connectivity index (χ3v) is 3.44. The second kappa shape index (κ2) is 4.87. The Labute approximate surface area is 110 Å². The number of carbonyl (C=O) groups is 1. The van der Waals surface area contributed by atoms with Gasteiger partial charge in [0.15, 0.2) is 0 Å². The van der Waals surface area contributed by atoms with E-state index in [0.29, 0.717) is 17.0 Å². The molecular formula is C13H15N3O3. The Bertz CT molecular complexity index is 588. The van der Waals surface area contributed by atoms with E-state index in [1.165, 1.54) is 0 Å². The predicted octanol–water partition coefficient (Wildman–Crippen LogP) is 2.45. The molecule has 1 saturated heterocycles. The lowest BCUT2D eigenvalue weighted by atomic mass is 10.00. The van der Waals surface area contributed by atoms with E-state index >= 15 is 0 Å². The Morgan fingerprint density at radius 3 is 3.05 bits per heavy atom. The van der Waals surface area contributed by atoms with Gasteiger partial charge in [0.1, 0.15) is 5.39 Å². The molecule has 6 heteroatoms. The van der Waals surface area contributed by atoms with Crippen molar-refractivity contribution in [3.63, 3.8) is 0 Å². The van der Waals surface area contributed by atoms with Crippen LogP contribution in [0, 0.1) is 5.92 Å². The first kappa shape index (κ1) is 12.0. The second-order valence-electron chi connectivity index (χ2n) is 4.88. The summed E-state index contributed by atoms with van der Waals surface area (Å²) in [5.74, 6) is 0.854. The molecule has 100 valence electrons. The minimum atomic E-state index is -0.369. The zero-order valence-electron chi connectivity index (χ0n) is 10.7. The molecule has 0 bridgehead atoms. The minimum absolute atomic E-state index is 0.187. The number of ether oxygens (including phenoxy) is 1. The van der Waals surface area contributed by atoms with Crippen LogP contribution in [0.25, 0.3) is 11.1 Å². The van der Waals surface area contributed by atoms with E-state index in [-0.39, 0.29) is 12.0 Å². The fourth-order valence-corrected chi connectivity index (χ4v) is 2.17. The highest BCUT2D eigenvalue weighted by atomic mass is 16.6. The summed E-state index contributed by atoms with van der Waals surface area (Å²) in [6.45, 7) is 3.65. The third-order valence-electron chi connectivity index (χ3n) is 3.44. The molecule has 0 aliphatic carbocycles. The fourth-order valence-electron chi connectivity index (χ4n) is 2.17. The van der Waals surface area contributed by atoms with Gasteiger partial charge in [-0.3, -0.25) is 0 Å². The zero-order valence-corrected chi connectivity index (χ0v) is 10.7. The zero-order chi connectivity index (χ0) is 13.2. The van der Waals surface area contributed by atoms with Gasteiger partial charge in [-0.25, -0.2) is 9.78 Å². The summed E-state index contributed by atoms with van der Waals surface area (Å²) in [6.07, 6.45) is 3.25. The number of aromatic nitrogens is 2. The summed E-state index contributed by atoms with van der Waals surface area (Å²) in [5, 5.41) is 4.35. The lowest BCUT2D eigenvalue weighted by Gasteiger charge is -2.28. The Balaban J connectivity index is 1.72. The highest BCUT2D eigenvalue weighted by molar-refractivity contribution is 5.82. The largest absolute Gasteiger partial charge is 0.416 e. The molecule has 0 atom stereocenters. The maximum Gasteiger partial charge on any atom is 0.416 e. The van der Waals surface area contributed by atoms with Crippen molar-refractivity contribution in [2.45, 2.75) is 19.8 Å². The van der Waals surface area contributed by atoms with Crippen molar-refractivity contribution in [3.8, 4) is 5.88 Å². The first-order valence-electron chi connectivity index (χ1n) is 6.41. The molecule has 0 unspecified atom stereocenters. The number of piperidine rings is 1. The summed E-state index contributed by atoms with van der Waals surface area (Å²) in [4.78, 5) is 17.7. The number of rotatable bonds is 1. The number of nitrogens with zero attached hydrogens (tertiary/aromatic N) is 3. The molecule has 3 heterocycles. The number of pyridine rings is 1. The molecule has 19 heavy (non-hydrogen) atoms. The number of carbonyl (C=O) groups excluding carboxylic acids is 1. The first-order chi connectivity index (χ1) is 9.24. The Hall–Kier alpha value is -2.11. The van der Waals surface area contributed by atoms with Crippen LogP contribution in [0.15, 0.2) is 22.9 Å². The summed E-state index contributed by atoms with van der Waals surface area (Å²) >= 11 is 0. The SMILES string of the molecule is CC1CCN(C(=O)Oc2noc3ncccc23)CC1. The van der Waals surface area contributed by atoms with Crippen molar-refractivity contribution in [1.82, 2.24) is 15.0 Å². The highest BCUT2D eigenvalue weighted by Gasteiger charge is 2.23. The number of likely N-dealkylation sites (tertiary alicyclic amines) is 1. The molecule has 2 aromatic rings. The monoisotopic (exact) mass is 261 g/mol. The smallest absolute Gasteiger partial charge is 0.387 e. The van der Waals surface area contributed by atoms with Crippen molar-refractivity contribution in [2.75, 3.05) is 13.1 Å². The molecule has 0 spiro atoms.